The summed E-state index contributed by atoms with van der Waals surface area (Å²) in [6, 6.07) is 7.61. The van der Waals surface area contributed by atoms with E-state index in [-0.39, 0.29) is 0 Å². The van der Waals surface area contributed by atoms with Gasteiger partial charge >= 0.3 is 0 Å². The molecule has 0 aliphatic carbocycles. The second-order valence-electron chi connectivity index (χ2n) is 3.91. The molecule has 17 heavy (non-hydrogen) atoms. The highest BCUT2D eigenvalue weighted by molar-refractivity contribution is 6.31. The monoisotopic (exact) mass is 251 g/mol. The Balaban J connectivity index is 2.27. The zero-order valence-corrected chi connectivity index (χ0v) is 10.5. The normalized spacial score (nSPS) is 10.5. The van der Waals surface area contributed by atoms with Crippen LogP contribution in [0.4, 0.5) is 11.9 Å². The van der Waals surface area contributed by atoms with E-state index < -0.39 is 0 Å². The lowest BCUT2D eigenvalue weighted by Crippen LogP contribution is -2.11. The third kappa shape index (κ3) is 2.50. The maximum atomic E-state index is 6.08. The zero-order chi connectivity index (χ0) is 12.4. The Morgan fingerprint density at radius 3 is 2.65 bits per heavy atom. The van der Waals surface area contributed by atoms with Crippen LogP contribution in [-0.4, -0.2) is 28.9 Å². The van der Waals surface area contributed by atoms with Gasteiger partial charge in [0.05, 0.1) is 6.54 Å². The van der Waals surface area contributed by atoms with Crippen molar-refractivity contribution in [2.24, 2.45) is 0 Å². The van der Waals surface area contributed by atoms with E-state index in [1.54, 1.807) is 9.58 Å². The number of nitrogens with zero attached hydrogens (tertiary/aromatic N) is 4. The lowest BCUT2D eigenvalue weighted by molar-refractivity contribution is 0.694. The molecule has 0 aliphatic rings. The third-order valence-electron chi connectivity index (χ3n) is 2.37. The summed E-state index contributed by atoms with van der Waals surface area (Å²) in [5.41, 5.74) is 6.77. The first kappa shape index (κ1) is 11.7. The molecule has 0 fully saturated rings. The summed E-state index contributed by atoms with van der Waals surface area (Å²) < 4.78 is 1.64. The van der Waals surface area contributed by atoms with Crippen LogP contribution in [0.15, 0.2) is 24.3 Å². The Hall–Kier alpha value is -1.75. The number of hydrogen-bond acceptors (Lipinski definition) is 4. The van der Waals surface area contributed by atoms with E-state index in [0.29, 0.717) is 23.5 Å². The number of hydrogen-bond donors (Lipinski definition) is 1. The molecule has 1 aromatic carbocycles. The van der Waals surface area contributed by atoms with Crippen LogP contribution in [0, 0.1) is 0 Å². The number of anilines is 2. The Morgan fingerprint density at radius 1 is 1.35 bits per heavy atom. The SMILES string of the molecule is CN(C)c1nc(N)n(Cc2ccccc2Cl)n1. The second-order valence-corrected chi connectivity index (χ2v) is 4.32. The van der Waals surface area contributed by atoms with Crippen LogP contribution in [0.5, 0.6) is 0 Å². The summed E-state index contributed by atoms with van der Waals surface area (Å²) in [6.45, 7) is 0.520. The van der Waals surface area contributed by atoms with Crippen LogP contribution in [0.1, 0.15) is 5.56 Å². The molecule has 1 aromatic heterocycles. The predicted octanol–water partition coefficient (Wildman–Crippen LogP) is 1.63. The maximum Gasteiger partial charge on any atom is 0.246 e. The van der Waals surface area contributed by atoms with E-state index in [0.717, 1.165) is 5.56 Å². The topological polar surface area (TPSA) is 60.0 Å². The molecule has 0 saturated heterocycles. The molecule has 0 atom stereocenters. The minimum absolute atomic E-state index is 0.383. The lowest BCUT2D eigenvalue weighted by Gasteiger charge is -2.06. The summed E-state index contributed by atoms with van der Waals surface area (Å²) in [6.07, 6.45) is 0. The molecule has 2 aromatic rings. The highest BCUT2D eigenvalue weighted by atomic mass is 35.5. The molecule has 2 N–H and O–H groups in total. The van der Waals surface area contributed by atoms with E-state index in [1.807, 2.05) is 38.4 Å². The van der Waals surface area contributed by atoms with E-state index in [2.05, 4.69) is 10.1 Å². The average Bonchev–Trinajstić information content (AvgIpc) is 2.64. The fourth-order valence-corrected chi connectivity index (χ4v) is 1.63. The molecule has 0 unspecified atom stereocenters. The molecule has 5 nitrogen and oxygen atoms in total. The molecule has 6 heteroatoms. The third-order valence-corrected chi connectivity index (χ3v) is 2.74. The van der Waals surface area contributed by atoms with Crippen molar-refractivity contribution in [1.82, 2.24) is 14.8 Å². The number of nitrogen functional groups attached to an aromatic ring is 1. The highest BCUT2D eigenvalue weighted by Gasteiger charge is 2.09. The van der Waals surface area contributed by atoms with Crippen LogP contribution < -0.4 is 10.6 Å². The second kappa shape index (κ2) is 4.63. The van der Waals surface area contributed by atoms with Gasteiger partial charge in [-0.1, -0.05) is 29.8 Å². The van der Waals surface area contributed by atoms with Crippen LogP contribution in [0.3, 0.4) is 0 Å². The van der Waals surface area contributed by atoms with Gasteiger partial charge in [0, 0.05) is 19.1 Å². The number of halogens is 1. The van der Waals surface area contributed by atoms with Crippen LogP contribution in [-0.2, 0) is 6.54 Å². The summed E-state index contributed by atoms with van der Waals surface area (Å²) in [5.74, 6) is 0.975. The molecule has 0 saturated carbocycles. The summed E-state index contributed by atoms with van der Waals surface area (Å²) in [5, 5.41) is 5.00. The summed E-state index contributed by atoms with van der Waals surface area (Å²) in [7, 11) is 3.74. The van der Waals surface area contributed by atoms with Gasteiger partial charge in [-0.25, -0.2) is 4.68 Å². The molecular formula is C11H14ClN5. The minimum Gasteiger partial charge on any atom is -0.368 e. The molecule has 0 radical (unpaired) electrons. The first-order chi connectivity index (χ1) is 8.08. The van der Waals surface area contributed by atoms with E-state index >= 15 is 0 Å². The van der Waals surface area contributed by atoms with Gasteiger partial charge in [-0.15, -0.1) is 5.10 Å². The maximum absolute atomic E-state index is 6.08. The predicted molar refractivity (Wildman–Crippen MR) is 69.3 cm³/mol. The number of nitrogens with two attached hydrogens (primary N) is 1. The Labute approximate surface area is 105 Å². The van der Waals surface area contributed by atoms with Crippen molar-refractivity contribution in [3.63, 3.8) is 0 Å². The molecule has 0 bridgehead atoms. The van der Waals surface area contributed by atoms with Gasteiger partial charge in [0.25, 0.3) is 0 Å². The number of aromatic nitrogens is 3. The Kier molecular flexibility index (Phi) is 3.19. The van der Waals surface area contributed by atoms with Gasteiger partial charge in [-0.05, 0) is 11.6 Å². The van der Waals surface area contributed by atoms with Crippen molar-refractivity contribution in [3.8, 4) is 0 Å². The van der Waals surface area contributed by atoms with Gasteiger partial charge in [-0.3, -0.25) is 0 Å². The largest absolute Gasteiger partial charge is 0.368 e. The van der Waals surface area contributed by atoms with Crippen LogP contribution in [0.2, 0.25) is 5.02 Å². The molecular weight excluding hydrogens is 238 g/mol. The molecule has 90 valence electrons. The standard InChI is InChI=1S/C11H14ClN5/c1-16(2)11-14-10(13)17(15-11)7-8-5-3-4-6-9(8)12/h3-6H,7H2,1-2H3,(H2,13,14,15). The summed E-state index contributed by atoms with van der Waals surface area (Å²) in [4.78, 5) is 5.95. The smallest absolute Gasteiger partial charge is 0.246 e. The number of benzene rings is 1. The van der Waals surface area contributed by atoms with Gasteiger partial charge in [-0.2, -0.15) is 4.98 Å². The molecule has 0 amide bonds. The first-order valence-electron chi connectivity index (χ1n) is 5.19. The summed E-state index contributed by atoms with van der Waals surface area (Å²) >= 11 is 6.08. The van der Waals surface area contributed by atoms with Crippen LogP contribution >= 0.6 is 11.6 Å². The average molecular weight is 252 g/mol. The first-order valence-corrected chi connectivity index (χ1v) is 5.57. The van der Waals surface area contributed by atoms with Crippen molar-refractivity contribution < 1.29 is 0 Å². The fraction of sp³-hybridized carbons (Fsp3) is 0.273. The quantitative estimate of drug-likeness (QED) is 0.901. The van der Waals surface area contributed by atoms with Crippen molar-refractivity contribution in [2.45, 2.75) is 6.54 Å². The Morgan fingerprint density at radius 2 is 2.06 bits per heavy atom. The molecule has 0 aliphatic heterocycles. The van der Waals surface area contributed by atoms with Crippen LogP contribution in [0.25, 0.3) is 0 Å². The van der Waals surface area contributed by atoms with Gasteiger partial charge in [0.15, 0.2) is 0 Å². The van der Waals surface area contributed by atoms with Gasteiger partial charge in [0.1, 0.15) is 0 Å². The van der Waals surface area contributed by atoms with E-state index in [1.165, 1.54) is 0 Å². The van der Waals surface area contributed by atoms with Gasteiger partial charge < -0.3 is 10.6 Å². The van der Waals surface area contributed by atoms with E-state index in [4.69, 9.17) is 17.3 Å². The highest BCUT2D eigenvalue weighted by Crippen LogP contribution is 2.17. The minimum atomic E-state index is 0.383. The molecule has 2 rings (SSSR count). The number of rotatable bonds is 3. The molecule has 0 spiro atoms. The van der Waals surface area contributed by atoms with Gasteiger partial charge in [0.2, 0.25) is 11.9 Å². The van der Waals surface area contributed by atoms with Crippen molar-refractivity contribution in [3.05, 3.63) is 34.9 Å². The van der Waals surface area contributed by atoms with Crippen molar-refractivity contribution in [1.29, 1.82) is 0 Å². The lowest BCUT2D eigenvalue weighted by atomic mass is 10.2. The van der Waals surface area contributed by atoms with Crippen molar-refractivity contribution in [2.75, 3.05) is 24.7 Å². The molecule has 1 heterocycles. The van der Waals surface area contributed by atoms with E-state index in [9.17, 15) is 0 Å². The fourth-order valence-electron chi connectivity index (χ4n) is 1.44. The zero-order valence-electron chi connectivity index (χ0n) is 9.76. The Bertz CT molecular complexity index is 520. The van der Waals surface area contributed by atoms with Crippen molar-refractivity contribution >= 4 is 23.5 Å².